The molecule has 2 fully saturated rings. The molecule has 6 nitrogen and oxygen atoms in total. The molecule has 1 aliphatic carbocycles. The molecular formula is C33H39Cl2N3O3. The zero-order valence-corrected chi connectivity index (χ0v) is 25.5. The van der Waals surface area contributed by atoms with Crippen molar-refractivity contribution >= 4 is 35.2 Å². The number of likely N-dealkylation sites (tertiary alicyclic amines) is 1. The van der Waals surface area contributed by atoms with Crippen LogP contribution < -0.4 is 0 Å². The molecule has 5 rings (SSSR count). The highest BCUT2D eigenvalue weighted by Gasteiger charge is 2.44. The Balaban J connectivity index is 0.000000271. The Hall–Kier alpha value is -3.06. The van der Waals surface area contributed by atoms with Gasteiger partial charge in [-0.25, -0.2) is 4.79 Å². The van der Waals surface area contributed by atoms with Crippen LogP contribution in [0.2, 0.25) is 10.0 Å². The van der Waals surface area contributed by atoms with Crippen LogP contribution in [0, 0.1) is 5.92 Å². The summed E-state index contributed by atoms with van der Waals surface area (Å²) in [5.41, 5.74) is 3.35. The third-order valence-corrected chi connectivity index (χ3v) is 9.22. The van der Waals surface area contributed by atoms with Gasteiger partial charge in [0, 0.05) is 47.2 Å². The van der Waals surface area contributed by atoms with Crippen LogP contribution in [-0.4, -0.2) is 65.5 Å². The Labute approximate surface area is 253 Å². The Kier molecular flexibility index (Phi) is 10.3. The van der Waals surface area contributed by atoms with Crippen LogP contribution in [0.25, 0.3) is 0 Å². The first-order chi connectivity index (χ1) is 19.6. The summed E-state index contributed by atoms with van der Waals surface area (Å²) in [4.78, 5) is 28.4. The molecule has 2 amide bonds. The molecule has 0 radical (unpaired) electrons. The molecule has 3 aromatic rings. The fourth-order valence-electron chi connectivity index (χ4n) is 5.83. The van der Waals surface area contributed by atoms with E-state index < -0.39 is 6.09 Å². The zero-order chi connectivity index (χ0) is 29.6. The molecular weight excluding hydrogens is 557 g/mol. The van der Waals surface area contributed by atoms with Crippen molar-refractivity contribution in [1.82, 2.24) is 14.7 Å². The monoisotopic (exact) mass is 595 g/mol. The number of amides is 2. The van der Waals surface area contributed by atoms with Gasteiger partial charge in [0.1, 0.15) is 0 Å². The van der Waals surface area contributed by atoms with Gasteiger partial charge in [-0.05, 0) is 59.9 Å². The van der Waals surface area contributed by atoms with Gasteiger partial charge in [0.2, 0.25) is 5.91 Å². The molecule has 1 saturated heterocycles. The van der Waals surface area contributed by atoms with Gasteiger partial charge in [-0.1, -0.05) is 89.9 Å². The first-order valence-electron chi connectivity index (χ1n) is 14.1. The predicted molar refractivity (Wildman–Crippen MR) is 165 cm³/mol. The SMILES string of the molecule is CC(=O)N(C)C1(c2ccccc2)CCN(C[C@@H]2C[C@@H]2c2ccc(Cl)c(Cl)c2)CC1.CN(Cc1ccccc1)C(=O)O. The summed E-state index contributed by atoms with van der Waals surface area (Å²) in [5, 5.41) is 9.84. The molecule has 41 heavy (non-hydrogen) atoms. The van der Waals surface area contributed by atoms with Gasteiger partial charge in [0.25, 0.3) is 0 Å². The van der Waals surface area contributed by atoms with Crippen molar-refractivity contribution in [2.45, 2.75) is 44.2 Å². The van der Waals surface area contributed by atoms with E-state index in [0.717, 1.165) is 38.0 Å². The molecule has 8 heteroatoms. The second-order valence-corrected chi connectivity index (χ2v) is 12.0. The quantitative estimate of drug-likeness (QED) is 0.310. The number of rotatable bonds is 7. The standard InChI is InChI=1S/C24H28Cl2N2O.C9H11NO2/c1-17(29)27(2)24(20-6-4-3-5-7-20)10-12-28(13-11-24)16-19-14-21(19)18-8-9-22(25)23(26)15-18;1-10(9(11)12)7-8-5-3-2-4-6-8/h3-9,15,19,21H,10-14,16H2,1-2H3;2-6H,7H2,1H3,(H,11,12)/t19-,21+;/m0./s1. The maximum absolute atomic E-state index is 12.2. The van der Waals surface area contributed by atoms with E-state index in [9.17, 15) is 9.59 Å². The summed E-state index contributed by atoms with van der Waals surface area (Å²) in [6.45, 7) is 5.24. The van der Waals surface area contributed by atoms with Gasteiger partial charge in [-0.3, -0.25) is 4.79 Å². The van der Waals surface area contributed by atoms with Crippen LogP contribution in [0.15, 0.2) is 78.9 Å². The van der Waals surface area contributed by atoms with E-state index in [4.69, 9.17) is 28.3 Å². The van der Waals surface area contributed by atoms with Gasteiger partial charge < -0.3 is 19.8 Å². The number of benzene rings is 3. The lowest BCUT2D eigenvalue weighted by molar-refractivity contribution is -0.136. The van der Waals surface area contributed by atoms with Crippen molar-refractivity contribution < 1.29 is 14.7 Å². The Morgan fingerprint density at radius 1 is 0.927 bits per heavy atom. The summed E-state index contributed by atoms with van der Waals surface area (Å²) >= 11 is 12.3. The number of carbonyl (C=O) groups is 2. The average molecular weight is 597 g/mol. The van der Waals surface area contributed by atoms with Crippen molar-refractivity contribution in [3.63, 3.8) is 0 Å². The second-order valence-electron chi connectivity index (χ2n) is 11.2. The largest absolute Gasteiger partial charge is 0.465 e. The van der Waals surface area contributed by atoms with Crippen molar-refractivity contribution in [2.75, 3.05) is 33.7 Å². The van der Waals surface area contributed by atoms with Crippen LogP contribution >= 0.6 is 23.2 Å². The van der Waals surface area contributed by atoms with E-state index >= 15 is 0 Å². The topological polar surface area (TPSA) is 64.1 Å². The fourth-order valence-corrected chi connectivity index (χ4v) is 6.14. The number of halogens is 2. The van der Waals surface area contributed by atoms with Gasteiger partial charge in [0.05, 0.1) is 15.6 Å². The highest BCUT2D eigenvalue weighted by molar-refractivity contribution is 6.42. The summed E-state index contributed by atoms with van der Waals surface area (Å²) in [7, 11) is 3.50. The zero-order valence-electron chi connectivity index (χ0n) is 24.0. The van der Waals surface area contributed by atoms with Crippen LogP contribution in [0.1, 0.15) is 48.8 Å². The number of piperidine rings is 1. The normalized spacial score (nSPS) is 19.4. The highest BCUT2D eigenvalue weighted by Crippen LogP contribution is 2.49. The molecule has 2 atom stereocenters. The van der Waals surface area contributed by atoms with E-state index in [1.807, 2.05) is 60.5 Å². The van der Waals surface area contributed by atoms with Crippen LogP contribution in [0.3, 0.4) is 0 Å². The molecule has 0 bridgehead atoms. The molecule has 0 aromatic heterocycles. The number of nitrogens with zero attached hydrogens (tertiary/aromatic N) is 3. The fraction of sp³-hybridized carbons (Fsp3) is 0.394. The molecule has 1 saturated carbocycles. The van der Waals surface area contributed by atoms with Gasteiger partial charge in [-0.2, -0.15) is 0 Å². The summed E-state index contributed by atoms with van der Waals surface area (Å²) < 4.78 is 0. The molecule has 2 aliphatic rings. The summed E-state index contributed by atoms with van der Waals surface area (Å²) in [6, 6.07) is 26.0. The Bertz CT molecular complexity index is 1310. The maximum atomic E-state index is 12.2. The lowest BCUT2D eigenvalue weighted by Crippen LogP contribution is -2.53. The maximum Gasteiger partial charge on any atom is 0.407 e. The van der Waals surface area contributed by atoms with Gasteiger partial charge in [0.15, 0.2) is 0 Å². The third kappa shape index (κ3) is 7.82. The van der Waals surface area contributed by atoms with E-state index in [2.05, 4.69) is 35.2 Å². The first-order valence-corrected chi connectivity index (χ1v) is 14.8. The second kappa shape index (κ2) is 13.7. The van der Waals surface area contributed by atoms with E-state index in [0.29, 0.717) is 28.4 Å². The van der Waals surface area contributed by atoms with Crippen molar-refractivity contribution in [3.8, 4) is 0 Å². The lowest BCUT2D eigenvalue weighted by atomic mass is 9.79. The van der Waals surface area contributed by atoms with Crippen LogP contribution in [0.5, 0.6) is 0 Å². The molecule has 0 unspecified atom stereocenters. The molecule has 218 valence electrons. The number of hydrogen-bond acceptors (Lipinski definition) is 3. The summed E-state index contributed by atoms with van der Waals surface area (Å²) in [5.74, 6) is 1.40. The van der Waals surface area contributed by atoms with Crippen molar-refractivity contribution in [1.29, 1.82) is 0 Å². The van der Waals surface area contributed by atoms with Gasteiger partial charge in [-0.15, -0.1) is 0 Å². The predicted octanol–water partition coefficient (Wildman–Crippen LogP) is 7.36. The smallest absolute Gasteiger partial charge is 0.407 e. The molecule has 1 heterocycles. The number of carboxylic acid groups (broad SMARTS) is 1. The highest BCUT2D eigenvalue weighted by atomic mass is 35.5. The van der Waals surface area contributed by atoms with Crippen LogP contribution in [0.4, 0.5) is 4.79 Å². The Morgan fingerprint density at radius 3 is 2.10 bits per heavy atom. The van der Waals surface area contributed by atoms with Gasteiger partial charge >= 0.3 is 6.09 Å². The number of hydrogen-bond donors (Lipinski definition) is 1. The third-order valence-electron chi connectivity index (χ3n) is 8.48. The van der Waals surface area contributed by atoms with E-state index in [-0.39, 0.29) is 11.4 Å². The average Bonchev–Trinajstić information content (AvgIpc) is 3.75. The molecule has 0 spiro atoms. The minimum atomic E-state index is -0.904. The van der Waals surface area contributed by atoms with Crippen molar-refractivity contribution in [2.24, 2.45) is 5.92 Å². The molecule has 1 N–H and O–H groups in total. The first kappa shape index (κ1) is 30.9. The minimum absolute atomic E-state index is 0.129. The molecule has 3 aromatic carbocycles. The Morgan fingerprint density at radius 2 is 1.54 bits per heavy atom. The van der Waals surface area contributed by atoms with E-state index in [1.165, 1.54) is 22.4 Å². The van der Waals surface area contributed by atoms with E-state index in [1.54, 1.807) is 14.0 Å². The van der Waals surface area contributed by atoms with Crippen LogP contribution in [-0.2, 0) is 16.9 Å². The molecule has 1 aliphatic heterocycles. The minimum Gasteiger partial charge on any atom is -0.465 e. The number of carbonyl (C=O) groups excluding carboxylic acids is 1. The van der Waals surface area contributed by atoms with Crippen molar-refractivity contribution in [3.05, 3.63) is 106 Å². The lowest BCUT2D eigenvalue weighted by Gasteiger charge is -2.47. The summed E-state index contributed by atoms with van der Waals surface area (Å²) in [6.07, 6.45) is 2.25.